The Kier molecular flexibility index (Phi) is 4.00. The average Bonchev–Trinajstić information content (AvgIpc) is 2.39. The van der Waals surface area contributed by atoms with Crippen LogP contribution in [0.25, 0.3) is 0 Å². The number of hydrogen-bond donors (Lipinski definition) is 1. The third-order valence-electron chi connectivity index (χ3n) is 3.79. The molecule has 0 radical (unpaired) electrons. The van der Waals surface area contributed by atoms with E-state index >= 15 is 0 Å². The van der Waals surface area contributed by atoms with Crippen molar-refractivity contribution >= 4 is 5.69 Å². The van der Waals surface area contributed by atoms with Gasteiger partial charge in [-0.3, -0.25) is 4.98 Å². The lowest BCUT2D eigenvalue weighted by atomic mass is 9.94. The summed E-state index contributed by atoms with van der Waals surface area (Å²) in [4.78, 5) is 6.86. The van der Waals surface area contributed by atoms with Crippen molar-refractivity contribution < 1.29 is 0 Å². The molecule has 1 aliphatic heterocycles. The second-order valence-corrected chi connectivity index (χ2v) is 5.07. The number of anilines is 1. The lowest BCUT2D eigenvalue weighted by Gasteiger charge is -2.33. The Bertz CT molecular complexity index is 337. The van der Waals surface area contributed by atoms with E-state index in [2.05, 4.69) is 22.9 Å². The molecule has 17 heavy (non-hydrogen) atoms. The third kappa shape index (κ3) is 2.97. The van der Waals surface area contributed by atoms with Crippen molar-refractivity contribution in [2.75, 3.05) is 18.0 Å². The molecule has 1 aromatic heterocycles. The SMILES string of the molecule is CCC1CCN(c2ccc(C(C)N)nc2)CC1. The molecule has 1 aliphatic rings. The minimum Gasteiger partial charge on any atom is -0.370 e. The predicted molar refractivity (Wildman–Crippen MR) is 72.1 cm³/mol. The summed E-state index contributed by atoms with van der Waals surface area (Å²) in [5.74, 6) is 0.919. The molecular formula is C14H23N3. The van der Waals surface area contributed by atoms with E-state index < -0.39 is 0 Å². The minimum atomic E-state index is 0.0230. The summed E-state index contributed by atoms with van der Waals surface area (Å²) in [6.45, 7) is 6.59. The van der Waals surface area contributed by atoms with Crippen LogP contribution in [-0.4, -0.2) is 18.1 Å². The number of pyridine rings is 1. The molecule has 94 valence electrons. The van der Waals surface area contributed by atoms with Gasteiger partial charge in [-0.25, -0.2) is 0 Å². The fourth-order valence-corrected chi connectivity index (χ4v) is 2.45. The van der Waals surface area contributed by atoms with Crippen LogP contribution in [0.1, 0.15) is 44.8 Å². The van der Waals surface area contributed by atoms with E-state index in [4.69, 9.17) is 5.73 Å². The predicted octanol–water partition coefficient (Wildman–Crippen LogP) is 2.73. The molecule has 1 unspecified atom stereocenters. The highest BCUT2D eigenvalue weighted by atomic mass is 15.1. The number of piperidine rings is 1. The Morgan fingerprint density at radius 2 is 2.12 bits per heavy atom. The van der Waals surface area contributed by atoms with Crippen molar-refractivity contribution in [1.82, 2.24) is 4.98 Å². The largest absolute Gasteiger partial charge is 0.370 e. The van der Waals surface area contributed by atoms with Gasteiger partial charge in [0.25, 0.3) is 0 Å². The molecule has 0 spiro atoms. The van der Waals surface area contributed by atoms with Gasteiger partial charge in [-0.2, -0.15) is 0 Å². The first-order valence-corrected chi connectivity index (χ1v) is 6.67. The summed E-state index contributed by atoms with van der Waals surface area (Å²) < 4.78 is 0. The molecule has 0 bridgehead atoms. The third-order valence-corrected chi connectivity index (χ3v) is 3.79. The summed E-state index contributed by atoms with van der Waals surface area (Å²) in [6.07, 6.45) is 5.90. The van der Waals surface area contributed by atoms with Crippen molar-refractivity contribution in [3.05, 3.63) is 24.0 Å². The Hall–Kier alpha value is -1.09. The normalized spacial score (nSPS) is 19.4. The van der Waals surface area contributed by atoms with E-state index in [0.29, 0.717) is 0 Å². The summed E-state index contributed by atoms with van der Waals surface area (Å²) in [7, 11) is 0. The number of nitrogens with zero attached hydrogens (tertiary/aromatic N) is 2. The van der Waals surface area contributed by atoms with Gasteiger partial charge in [0.05, 0.1) is 17.6 Å². The molecular weight excluding hydrogens is 210 g/mol. The van der Waals surface area contributed by atoms with E-state index in [1.54, 1.807) is 0 Å². The van der Waals surface area contributed by atoms with Gasteiger partial charge < -0.3 is 10.6 Å². The van der Waals surface area contributed by atoms with Crippen LogP contribution in [0.2, 0.25) is 0 Å². The second kappa shape index (κ2) is 5.50. The molecule has 0 aliphatic carbocycles. The Morgan fingerprint density at radius 1 is 1.41 bits per heavy atom. The van der Waals surface area contributed by atoms with E-state index in [0.717, 1.165) is 24.7 Å². The fourth-order valence-electron chi connectivity index (χ4n) is 2.45. The minimum absolute atomic E-state index is 0.0230. The highest BCUT2D eigenvalue weighted by molar-refractivity contribution is 5.45. The van der Waals surface area contributed by atoms with Gasteiger partial charge in [0.1, 0.15) is 0 Å². The Labute approximate surface area is 104 Å². The van der Waals surface area contributed by atoms with Crippen molar-refractivity contribution in [2.45, 2.75) is 39.2 Å². The Morgan fingerprint density at radius 3 is 2.59 bits per heavy atom. The van der Waals surface area contributed by atoms with Crippen LogP contribution in [-0.2, 0) is 0 Å². The number of nitrogens with two attached hydrogens (primary N) is 1. The molecule has 2 N–H and O–H groups in total. The van der Waals surface area contributed by atoms with E-state index in [1.165, 1.54) is 24.9 Å². The fraction of sp³-hybridized carbons (Fsp3) is 0.643. The molecule has 1 saturated heterocycles. The standard InChI is InChI=1S/C14H23N3/c1-3-12-6-8-17(9-7-12)13-4-5-14(11(2)15)16-10-13/h4-5,10-12H,3,6-9,15H2,1-2H3. The zero-order valence-electron chi connectivity index (χ0n) is 10.9. The van der Waals surface area contributed by atoms with E-state index in [-0.39, 0.29) is 6.04 Å². The van der Waals surface area contributed by atoms with E-state index in [1.807, 2.05) is 19.2 Å². The highest BCUT2D eigenvalue weighted by Gasteiger charge is 2.18. The first-order valence-electron chi connectivity index (χ1n) is 6.67. The van der Waals surface area contributed by atoms with Gasteiger partial charge in [-0.1, -0.05) is 13.3 Å². The van der Waals surface area contributed by atoms with Crippen LogP contribution in [0.5, 0.6) is 0 Å². The van der Waals surface area contributed by atoms with Gasteiger partial charge in [0.2, 0.25) is 0 Å². The molecule has 2 heterocycles. The van der Waals surface area contributed by atoms with Crippen molar-refractivity contribution in [1.29, 1.82) is 0 Å². The smallest absolute Gasteiger partial charge is 0.0569 e. The maximum Gasteiger partial charge on any atom is 0.0569 e. The molecule has 1 atom stereocenters. The molecule has 3 nitrogen and oxygen atoms in total. The van der Waals surface area contributed by atoms with Gasteiger partial charge in [-0.05, 0) is 37.8 Å². The van der Waals surface area contributed by atoms with Crippen LogP contribution in [0, 0.1) is 5.92 Å². The van der Waals surface area contributed by atoms with Gasteiger partial charge >= 0.3 is 0 Å². The van der Waals surface area contributed by atoms with Crippen LogP contribution in [0.4, 0.5) is 5.69 Å². The number of hydrogen-bond acceptors (Lipinski definition) is 3. The highest BCUT2D eigenvalue weighted by Crippen LogP contribution is 2.24. The summed E-state index contributed by atoms with van der Waals surface area (Å²) in [6, 6.07) is 4.22. The second-order valence-electron chi connectivity index (χ2n) is 5.07. The topological polar surface area (TPSA) is 42.1 Å². The molecule has 3 heteroatoms. The lowest BCUT2D eigenvalue weighted by molar-refractivity contribution is 0.395. The van der Waals surface area contributed by atoms with Crippen molar-refractivity contribution in [2.24, 2.45) is 11.7 Å². The van der Waals surface area contributed by atoms with Gasteiger partial charge in [0, 0.05) is 19.1 Å². The summed E-state index contributed by atoms with van der Waals surface area (Å²) >= 11 is 0. The molecule has 1 aromatic rings. The molecule has 0 aromatic carbocycles. The molecule has 0 amide bonds. The summed E-state index contributed by atoms with van der Waals surface area (Å²) in [5.41, 5.74) is 8.01. The number of rotatable bonds is 3. The monoisotopic (exact) mass is 233 g/mol. The molecule has 0 saturated carbocycles. The lowest BCUT2D eigenvalue weighted by Crippen LogP contribution is -2.33. The van der Waals surface area contributed by atoms with Crippen LogP contribution >= 0.6 is 0 Å². The van der Waals surface area contributed by atoms with Crippen LogP contribution in [0.15, 0.2) is 18.3 Å². The maximum atomic E-state index is 5.80. The Balaban J connectivity index is 1.99. The maximum absolute atomic E-state index is 5.80. The van der Waals surface area contributed by atoms with Gasteiger partial charge in [-0.15, -0.1) is 0 Å². The number of aromatic nitrogens is 1. The van der Waals surface area contributed by atoms with Crippen molar-refractivity contribution in [3.8, 4) is 0 Å². The van der Waals surface area contributed by atoms with Gasteiger partial charge in [0.15, 0.2) is 0 Å². The van der Waals surface area contributed by atoms with Crippen molar-refractivity contribution in [3.63, 3.8) is 0 Å². The van der Waals surface area contributed by atoms with E-state index in [9.17, 15) is 0 Å². The summed E-state index contributed by atoms with van der Waals surface area (Å²) in [5, 5.41) is 0. The first-order chi connectivity index (χ1) is 8.20. The quantitative estimate of drug-likeness (QED) is 0.873. The first kappa shape index (κ1) is 12.4. The zero-order chi connectivity index (χ0) is 12.3. The molecule has 2 rings (SSSR count). The van der Waals surface area contributed by atoms with Crippen LogP contribution in [0.3, 0.4) is 0 Å². The molecule has 1 fully saturated rings. The zero-order valence-corrected chi connectivity index (χ0v) is 10.9. The average molecular weight is 233 g/mol. The van der Waals surface area contributed by atoms with Crippen LogP contribution < -0.4 is 10.6 Å².